The fraction of sp³-hybridized carbons (Fsp3) is 0.190. The minimum Gasteiger partial charge on any atom is -0.503 e. The SMILES string of the molecule is O=C(C1=C(O)C(=O)N(CCCn2ccnc2)[C@H]1c1ccccc1)c1ccco1. The van der Waals surface area contributed by atoms with E-state index in [2.05, 4.69) is 4.98 Å². The molecule has 1 aliphatic heterocycles. The number of hydrogen-bond donors (Lipinski definition) is 1. The quantitative estimate of drug-likeness (QED) is 0.639. The standard InChI is InChI=1S/C21H19N3O4/c25-19(16-8-4-13-28-16)17-18(15-6-2-1-3-7-15)24(21(27)20(17)26)11-5-10-23-12-9-22-14-23/h1-4,6-9,12-14,18,26H,5,10-11H2/t18-/m0/s1. The largest absolute Gasteiger partial charge is 0.503 e. The number of benzene rings is 1. The lowest BCUT2D eigenvalue weighted by Crippen LogP contribution is -2.32. The fourth-order valence-corrected chi connectivity index (χ4v) is 3.48. The average molecular weight is 377 g/mol. The molecule has 1 aromatic carbocycles. The maximum Gasteiger partial charge on any atom is 0.290 e. The summed E-state index contributed by atoms with van der Waals surface area (Å²) in [6.07, 6.45) is 7.30. The topological polar surface area (TPSA) is 88.6 Å². The number of carbonyl (C=O) groups excluding carboxylic acids is 2. The summed E-state index contributed by atoms with van der Waals surface area (Å²) >= 11 is 0. The number of ketones is 1. The van der Waals surface area contributed by atoms with E-state index in [0.29, 0.717) is 19.5 Å². The van der Waals surface area contributed by atoms with E-state index in [1.54, 1.807) is 18.6 Å². The Kier molecular flexibility index (Phi) is 4.80. The van der Waals surface area contributed by atoms with Gasteiger partial charge in [0, 0.05) is 25.5 Å². The third kappa shape index (κ3) is 3.22. The Hall–Kier alpha value is -3.61. The molecule has 0 spiro atoms. The summed E-state index contributed by atoms with van der Waals surface area (Å²) in [5, 5.41) is 10.5. The van der Waals surface area contributed by atoms with Crippen LogP contribution in [0.15, 0.2) is 83.2 Å². The lowest BCUT2D eigenvalue weighted by atomic mass is 9.95. The Morgan fingerprint density at radius 3 is 2.64 bits per heavy atom. The van der Waals surface area contributed by atoms with Gasteiger partial charge in [0.05, 0.1) is 24.2 Å². The predicted molar refractivity (Wildman–Crippen MR) is 100 cm³/mol. The molecule has 0 bridgehead atoms. The molecule has 3 heterocycles. The number of rotatable bonds is 7. The number of aryl methyl sites for hydroxylation is 1. The number of Topliss-reactive ketones (excluding diaryl/α,β-unsaturated/α-hetero) is 1. The Morgan fingerprint density at radius 2 is 1.96 bits per heavy atom. The zero-order chi connectivity index (χ0) is 19.5. The molecule has 1 atom stereocenters. The van der Waals surface area contributed by atoms with Gasteiger partial charge in [-0.15, -0.1) is 0 Å². The van der Waals surface area contributed by atoms with Gasteiger partial charge < -0.3 is 19.0 Å². The zero-order valence-electron chi connectivity index (χ0n) is 15.1. The van der Waals surface area contributed by atoms with Gasteiger partial charge >= 0.3 is 0 Å². The van der Waals surface area contributed by atoms with Crippen LogP contribution >= 0.6 is 0 Å². The van der Waals surface area contributed by atoms with Gasteiger partial charge in [-0.05, 0) is 24.1 Å². The van der Waals surface area contributed by atoms with Crippen LogP contribution in [0, 0.1) is 0 Å². The summed E-state index contributed by atoms with van der Waals surface area (Å²) in [6, 6.07) is 11.7. The van der Waals surface area contributed by atoms with Gasteiger partial charge in [0.2, 0.25) is 5.78 Å². The van der Waals surface area contributed by atoms with Gasteiger partial charge in [-0.3, -0.25) is 9.59 Å². The molecule has 0 unspecified atom stereocenters. The van der Waals surface area contributed by atoms with Crippen molar-refractivity contribution >= 4 is 11.7 Å². The van der Waals surface area contributed by atoms with Crippen molar-refractivity contribution in [3.8, 4) is 0 Å². The summed E-state index contributed by atoms with van der Waals surface area (Å²) in [7, 11) is 0. The summed E-state index contributed by atoms with van der Waals surface area (Å²) < 4.78 is 7.12. The number of hydrogen-bond acceptors (Lipinski definition) is 5. The highest BCUT2D eigenvalue weighted by molar-refractivity contribution is 6.14. The van der Waals surface area contributed by atoms with Gasteiger partial charge in [-0.2, -0.15) is 0 Å². The molecule has 1 amide bonds. The third-order valence-electron chi connectivity index (χ3n) is 4.78. The molecule has 1 aliphatic rings. The van der Waals surface area contributed by atoms with E-state index in [0.717, 1.165) is 5.56 Å². The van der Waals surface area contributed by atoms with E-state index in [-0.39, 0.29) is 11.3 Å². The lowest BCUT2D eigenvalue weighted by molar-refractivity contribution is -0.129. The molecule has 0 saturated heterocycles. The van der Waals surface area contributed by atoms with E-state index in [9.17, 15) is 14.7 Å². The number of carbonyl (C=O) groups is 2. The smallest absolute Gasteiger partial charge is 0.290 e. The van der Waals surface area contributed by atoms with Gasteiger partial charge in [-0.1, -0.05) is 30.3 Å². The van der Waals surface area contributed by atoms with Crippen molar-refractivity contribution in [2.45, 2.75) is 19.0 Å². The summed E-state index contributed by atoms with van der Waals surface area (Å²) in [5.74, 6) is -1.45. The van der Waals surface area contributed by atoms with Crippen molar-refractivity contribution in [2.24, 2.45) is 0 Å². The first kappa shape index (κ1) is 17.8. The van der Waals surface area contributed by atoms with E-state index >= 15 is 0 Å². The molecule has 1 N–H and O–H groups in total. The number of imidazole rings is 1. The van der Waals surface area contributed by atoms with Gasteiger partial charge in [0.15, 0.2) is 11.5 Å². The number of amides is 1. The molecule has 0 radical (unpaired) electrons. The van der Waals surface area contributed by atoms with Crippen LogP contribution in [0.2, 0.25) is 0 Å². The zero-order valence-corrected chi connectivity index (χ0v) is 15.1. The molecule has 4 rings (SSSR count). The second-order valence-corrected chi connectivity index (χ2v) is 6.53. The number of nitrogens with zero attached hydrogens (tertiary/aromatic N) is 3. The van der Waals surface area contributed by atoms with Crippen LogP contribution in [0.4, 0.5) is 0 Å². The van der Waals surface area contributed by atoms with Gasteiger partial charge in [-0.25, -0.2) is 4.98 Å². The van der Waals surface area contributed by atoms with Crippen LogP contribution in [0.3, 0.4) is 0 Å². The Morgan fingerprint density at radius 1 is 1.14 bits per heavy atom. The highest BCUT2D eigenvalue weighted by Gasteiger charge is 2.44. The van der Waals surface area contributed by atoms with Gasteiger partial charge in [0.25, 0.3) is 5.91 Å². The fourth-order valence-electron chi connectivity index (χ4n) is 3.48. The van der Waals surface area contributed by atoms with Crippen molar-refractivity contribution in [2.75, 3.05) is 6.54 Å². The van der Waals surface area contributed by atoms with Crippen LogP contribution in [0.5, 0.6) is 0 Å². The van der Waals surface area contributed by atoms with E-state index in [1.807, 2.05) is 41.1 Å². The third-order valence-corrected chi connectivity index (χ3v) is 4.78. The molecule has 7 heteroatoms. The minimum atomic E-state index is -0.658. The average Bonchev–Trinajstić information content (AvgIpc) is 3.46. The number of aromatic nitrogens is 2. The van der Waals surface area contributed by atoms with Crippen LogP contribution in [-0.4, -0.2) is 37.8 Å². The molecule has 0 aliphatic carbocycles. The van der Waals surface area contributed by atoms with Crippen LogP contribution in [0.1, 0.15) is 28.6 Å². The monoisotopic (exact) mass is 377 g/mol. The first-order valence-corrected chi connectivity index (χ1v) is 9.00. The maximum atomic E-state index is 13.0. The molecule has 28 heavy (non-hydrogen) atoms. The van der Waals surface area contributed by atoms with Crippen LogP contribution < -0.4 is 0 Å². The second-order valence-electron chi connectivity index (χ2n) is 6.53. The highest BCUT2D eigenvalue weighted by Crippen LogP contribution is 2.39. The Labute approximate surface area is 161 Å². The number of aliphatic hydroxyl groups is 1. The highest BCUT2D eigenvalue weighted by atomic mass is 16.3. The first-order chi connectivity index (χ1) is 13.7. The van der Waals surface area contributed by atoms with Crippen molar-refractivity contribution < 1.29 is 19.1 Å². The van der Waals surface area contributed by atoms with Crippen LogP contribution in [0.25, 0.3) is 0 Å². The van der Waals surface area contributed by atoms with E-state index in [4.69, 9.17) is 4.42 Å². The molecule has 142 valence electrons. The molecule has 2 aromatic heterocycles. The van der Waals surface area contributed by atoms with E-state index < -0.39 is 23.5 Å². The number of furan rings is 1. The van der Waals surface area contributed by atoms with Crippen molar-refractivity contribution in [1.82, 2.24) is 14.5 Å². The van der Waals surface area contributed by atoms with Crippen molar-refractivity contribution in [1.29, 1.82) is 0 Å². The molecule has 7 nitrogen and oxygen atoms in total. The number of aliphatic hydroxyl groups excluding tert-OH is 1. The van der Waals surface area contributed by atoms with E-state index in [1.165, 1.54) is 17.2 Å². The summed E-state index contributed by atoms with van der Waals surface area (Å²) in [4.78, 5) is 31.3. The summed E-state index contributed by atoms with van der Waals surface area (Å²) in [5.41, 5.74) is 0.811. The predicted octanol–water partition coefficient (Wildman–Crippen LogP) is 3.14. The lowest BCUT2D eigenvalue weighted by Gasteiger charge is -2.26. The first-order valence-electron chi connectivity index (χ1n) is 9.00. The molecular weight excluding hydrogens is 358 g/mol. The normalized spacial score (nSPS) is 16.8. The molecule has 3 aromatic rings. The summed E-state index contributed by atoms with van der Waals surface area (Å²) in [6.45, 7) is 1.06. The maximum absolute atomic E-state index is 13.0. The minimum absolute atomic E-state index is 0.0498. The van der Waals surface area contributed by atoms with Crippen molar-refractivity contribution in [3.63, 3.8) is 0 Å². The Bertz CT molecular complexity index is 992. The molecule has 0 saturated carbocycles. The van der Waals surface area contributed by atoms with Gasteiger partial charge in [0.1, 0.15) is 0 Å². The van der Waals surface area contributed by atoms with Crippen molar-refractivity contribution in [3.05, 3.63) is 90.1 Å². The molecular formula is C21H19N3O4. The Balaban J connectivity index is 1.64. The molecule has 0 fully saturated rings. The second kappa shape index (κ2) is 7.56. The van der Waals surface area contributed by atoms with Crippen LogP contribution in [-0.2, 0) is 11.3 Å².